The van der Waals surface area contributed by atoms with Crippen molar-refractivity contribution in [1.29, 1.82) is 0 Å². The number of nitrogens with zero attached hydrogens (tertiary/aromatic N) is 1. The first-order valence-corrected chi connectivity index (χ1v) is 7.24. The SMILES string of the molecule is CCOCCN1CC(CC)(CC)NCCC1C. The largest absolute Gasteiger partial charge is 0.380 e. The molecule has 0 aliphatic carbocycles. The standard InChI is InChI=1S/C14H30N2O/c1-5-14(6-2)12-16(10-11-17-7-3)13(4)8-9-15-14/h13,15H,5-12H2,1-4H3. The smallest absolute Gasteiger partial charge is 0.0593 e. The molecule has 1 atom stereocenters. The van der Waals surface area contributed by atoms with E-state index in [9.17, 15) is 0 Å². The van der Waals surface area contributed by atoms with Crippen molar-refractivity contribution in [2.45, 2.75) is 58.5 Å². The van der Waals surface area contributed by atoms with Crippen LogP contribution in [0.1, 0.15) is 47.0 Å². The van der Waals surface area contributed by atoms with Crippen LogP contribution in [0.4, 0.5) is 0 Å². The van der Waals surface area contributed by atoms with E-state index in [-0.39, 0.29) is 0 Å². The van der Waals surface area contributed by atoms with Gasteiger partial charge in [-0.05, 0) is 39.7 Å². The first-order valence-electron chi connectivity index (χ1n) is 7.24. The van der Waals surface area contributed by atoms with Gasteiger partial charge in [-0.25, -0.2) is 0 Å². The van der Waals surface area contributed by atoms with Crippen LogP contribution < -0.4 is 5.32 Å². The van der Waals surface area contributed by atoms with Crippen LogP contribution in [0.25, 0.3) is 0 Å². The second-order valence-electron chi connectivity index (χ2n) is 5.22. The summed E-state index contributed by atoms with van der Waals surface area (Å²) in [6.07, 6.45) is 3.66. The van der Waals surface area contributed by atoms with E-state index in [1.54, 1.807) is 0 Å². The van der Waals surface area contributed by atoms with Crippen LogP contribution in [0.15, 0.2) is 0 Å². The normalized spacial score (nSPS) is 25.8. The van der Waals surface area contributed by atoms with Crippen molar-refractivity contribution in [2.24, 2.45) is 0 Å². The van der Waals surface area contributed by atoms with Crippen LogP contribution in [0.3, 0.4) is 0 Å². The van der Waals surface area contributed by atoms with Gasteiger partial charge < -0.3 is 10.1 Å². The van der Waals surface area contributed by atoms with E-state index in [1.807, 2.05) is 0 Å². The molecule has 1 N–H and O–H groups in total. The maximum absolute atomic E-state index is 5.50. The molecule has 102 valence electrons. The minimum absolute atomic E-state index is 0.316. The van der Waals surface area contributed by atoms with Gasteiger partial charge in [-0.2, -0.15) is 0 Å². The Morgan fingerprint density at radius 2 is 2.00 bits per heavy atom. The first-order chi connectivity index (χ1) is 8.17. The molecule has 0 amide bonds. The van der Waals surface area contributed by atoms with Gasteiger partial charge in [0.2, 0.25) is 0 Å². The number of hydrogen-bond donors (Lipinski definition) is 1. The molecule has 3 nitrogen and oxygen atoms in total. The fourth-order valence-corrected chi connectivity index (χ4v) is 2.68. The van der Waals surface area contributed by atoms with E-state index in [1.165, 1.54) is 19.3 Å². The van der Waals surface area contributed by atoms with Crippen molar-refractivity contribution < 1.29 is 4.74 Å². The van der Waals surface area contributed by atoms with Crippen LogP contribution in [-0.4, -0.2) is 49.3 Å². The highest BCUT2D eigenvalue weighted by Crippen LogP contribution is 2.22. The quantitative estimate of drug-likeness (QED) is 0.723. The predicted molar refractivity (Wildman–Crippen MR) is 73.5 cm³/mol. The Balaban J connectivity index is 2.58. The molecule has 0 spiro atoms. The highest BCUT2D eigenvalue weighted by atomic mass is 16.5. The molecule has 0 aromatic heterocycles. The second-order valence-corrected chi connectivity index (χ2v) is 5.22. The van der Waals surface area contributed by atoms with E-state index in [0.29, 0.717) is 11.6 Å². The number of rotatable bonds is 6. The van der Waals surface area contributed by atoms with Gasteiger partial charge in [0.15, 0.2) is 0 Å². The van der Waals surface area contributed by atoms with Gasteiger partial charge in [-0.1, -0.05) is 13.8 Å². The number of ether oxygens (including phenoxy) is 1. The third-order valence-corrected chi connectivity index (χ3v) is 4.27. The zero-order chi connectivity index (χ0) is 12.7. The van der Waals surface area contributed by atoms with Gasteiger partial charge in [0.25, 0.3) is 0 Å². The molecule has 1 unspecified atom stereocenters. The van der Waals surface area contributed by atoms with Gasteiger partial charge in [0, 0.05) is 31.3 Å². The monoisotopic (exact) mass is 242 g/mol. The zero-order valence-corrected chi connectivity index (χ0v) is 12.1. The first kappa shape index (κ1) is 14.9. The summed E-state index contributed by atoms with van der Waals surface area (Å²) in [6.45, 7) is 14.1. The summed E-state index contributed by atoms with van der Waals surface area (Å²) in [5.41, 5.74) is 0.316. The summed E-state index contributed by atoms with van der Waals surface area (Å²) in [4.78, 5) is 2.60. The minimum Gasteiger partial charge on any atom is -0.380 e. The Labute approximate surface area is 107 Å². The van der Waals surface area contributed by atoms with E-state index in [4.69, 9.17) is 4.74 Å². The molecule has 1 fully saturated rings. The molecule has 3 heteroatoms. The number of nitrogens with one attached hydrogen (secondary N) is 1. The van der Waals surface area contributed by atoms with E-state index in [0.717, 1.165) is 32.8 Å². The summed E-state index contributed by atoms with van der Waals surface area (Å²) >= 11 is 0. The summed E-state index contributed by atoms with van der Waals surface area (Å²) in [7, 11) is 0. The molecule has 0 bridgehead atoms. The summed E-state index contributed by atoms with van der Waals surface area (Å²) in [5, 5.41) is 3.76. The molecular weight excluding hydrogens is 212 g/mol. The van der Waals surface area contributed by atoms with Crippen molar-refractivity contribution in [3.8, 4) is 0 Å². The van der Waals surface area contributed by atoms with Crippen molar-refractivity contribution in [3.63, 3.8) is 0 Å². The minimum atomic E-state index is 0.316. The fourth-order valence-electron chi connectivity index (χ4n) is 2.68. The van der Waals surface area contributed by atoms with E-state index < -0.39 is 0 Å². The van der Waals surface area contributed by atoms with Crippen LogP contribution >= 0.6 is 0 Å². The lowest BCUT2D eigenvalue weighted by Crippen LogP contribution is -2.51. The lowest BCUT2D eigenvalue weighted by Gasteiger charge is -2.37. The average Bonchev–Trinajstić information content (AvgIpc) is 2.50. The second kappa shape index (κ2) is 7.34. The molecule has 1 heterocycles. The lowest BCUT2D eigenvalue weighted by atomic mass is 9.92. The van der Waals surface area contributed by atoms with E-state index >= 15 is 0 Å². The van der Waals surface area contributed by atoms with Crippen molar-refractivity contribution >= 4 is 0 Å². The molecule has 17 heavy (non-hydrogen) atoms. The molecule has 1 saturated heterocycles. The summed E-state index contributed by atoms with van der Waals surface area (Å²) in [5.74, 6) is 0. The average molecular weight is 242 g/mol. The van der Waals surface area contributed by atoms with Crippen molar-refractivity contribution in [2.75, 3.05) is 32.8 Å². The van der Waals surface area contributed by atoms with Crippen LogP contribution in [0.5, 0.6) is 0 Å². The summed E-state index contributed by atoms with van der Waals surface area (Å²) in [6, 6.07) is 0.669. The molecule has 1 aliphatic heterocycles. The van der Waals surface area contributed by atoms with Gasteiger partial charge in [0.1, 0.15) is 0 Å². The Kier molecular flexibility index (Phi) is 6.45. The Bertz CT molecular complexity index is 204. The van der Waals surface area contributed by atoms with Gasteiger partial charge >= 0.3 is 0 Å². The van der Waals surface area contributed by atoms with E-state index in [2.05, 4.69) is 37.9 Å². The molecule has 0 aromatic carbocycles. The maximum Gasteiger partial charge on any atom is 0.0593 e. The Morgan fingerprint density at radius 3 is 2.59 bits per heavy atom. The molecule has 0 radical (unpaired) electrons. The van der Waals surface area contributed by atoms with Crippen LogP contribution in [-0.2, 0) is 4.74 Å². The third-order valence-electron chi connectivity index (χ3n) is 4.27. The van der Waals surface area contributed by atoms with Crippen LogP contribution in [0, 0.1) is 0 Å². The third kappa shape index (κ3) is 4.23. The van der Waals surface area contributed by atoms with Gasteiger partial charge in [-0.3, -0.25) is 4.90 Å². The van der Waals surface area contributed by atoms with Crippen molar-refractivity contribution in [1.82, 2.24) is 10.2 Å². The van der Waals surface area contributed by atoms with Crippen molar-refractivity contribution in [3.05, 3.63) is 0 Å². The van der Waals surface area contributed by atoms with Gasteiger partial charge in [0.05, 0.1) is 6.61 Å². The Hall–Kier alpha value is -0.120. The molecule has 0 saturated carbocycles. The topological polar surface area (TPSA) is 24.5 Å². The fraction of sp³-hybridized carbons (Fsp3) is 1.00. The molecule has 1 rings (SSSR count). The predicted octanol–water partition coefficient (Wildman–Crippen LogP) is 2.27. The lowest BCUT2D eigenvalue weighted by molar-refractivity contribution is 0.0849. The van der Waals surface area contributed by atoms with Gasteiger partial charge in [-0.15, -0.1) is 0 Å². The molecular formula is C14H30N2O. The maximum atomic E-state index is 5.50. The molecule has 1 aliphatic rings. The number of hydrogen-bond acceptors (Lipinski definition) is 3. The zero-order valence-electron chi connectivity index (χ0n) is 12.1. The van der Waals surface area contributed by atoms with Crippen LogP contribution in [0.2, 0.25) is 0 Å². The summed E-state index contributed by atoms with van der Waals surface area (Å²) < 4.78 is 5.50. The Morgan fingerprint density at radius 1 is 1.29 bits per heavy atom. The highest BCUT2D eigenvalue weighted by molar-refractivity contribution is 4.93. The molecule has 0 aromatic rings. The highest BCUT2D eigenvalue weighted by Gasteiger charge is 2.32.